The molecule has 0 saturated carbocycles. The van der Waals surface area contributed by atoms with Crippen molar-refractivity contribution in [2.45, 2.75) is 37.6 Å². The van der Waals surface area contributed by atoms with Crippen molar-refractivity contribution < 1.29 is 19.5 Å². The zero-order valence-corrected chi connectivity index (χ0v) is 14.4. The van der Waals surface area contributed by atoms with Gasteiger partial charge in [-0.1, -0.05) is 6.07 Å². The third kappa shape index (κ3) is 3.23. The number of nitrogens with zero attached hydrogens (tertiary/aromatic N) is 3. The summed E-state index contributed by atoms with van der Waals surface area (Å²) >= 11 is 0. The molecule has 2 fully saturated rings. The van der Waals surface area contributed by atoms with Crippen molar-refractivity contribution in [1.29, 1.82) is 0 Å². The molecule has 25 heavy (non-hydrogen) atoms. The first kappa shape index (κ1) is 17.4. The molecule has 1 N–H and O–H groups in total. The summed E-state index contributed by atoms with van der Waals surface area (Å²) < 4.78 is 0. The van der Waals surface area contributed by atoms with Gasteiger partial charge in [0.05, 0.1) is 11.5 Å². The zero-order chi connectivity index (χ0) is 18.0. The fraction of sp³-hybridized carbons (Fsp3) is 0.556. The van der Waals surface area contributed by atoms with Crippen LogP contribution in [-0.4, -0.2) is 63.4 Å². The highest BCUT2D eigenvalue weighted by atomic mass is 16.4. The predicted octanol–water partition coefficient (Wildman–Crippen LogP) is 0.938. The second-order valence-corrected chi connectivity index (χ2v) is 6.89. The van der Waals surface area contributed by atoms with Gasteiger partial charge in [-0.2, -0.15) is 0 Å². The van der Waals surface area contributed by atoms with E-state index in [0.29, 0.717) is 38.8 Å². The molecule has 2 amide bonds. The third-order valence-corrected chi connectivity index (χ3v) is 5.70. The van der Waals surface area contributed by atoms with Crippen molar-refractivity contribution in [2.75, 3.05) is 20.1 Å². The van der Waals surface area contributed by atoms with Gasteiger partial charge in [0.1, 0.15) is 0 Å². The lowest BCUT2D eigenvalue weighted by Gasteiger charge is -2.45. The summed E-state index contributed by atoms with van der Waals surface area (Å²) in [6.45, 7) is 0.987. The Morgan fingerprint density at radius 1 is 1.36 bits per heavy atom. The Kier molecular flexibility index (Phi) is 4.74. The van der Waals surface area contributed by atoms with Gasteiger partial charge in [-0.3, -0.25) is 19.4 Å². The van der Waals surface area contributed by atoms with E-state index in [1.165, 1.54) is 0 Å². The fourth-order valence-electron chi connectivity index (χ4n) is 4.08. The highest BCUT2D eigenvalue weighted by molar-refractivity contribution is 5.88. The van der Waals surface area contributed by atoms with E-state index in [9.17, 15) is 19.5 Å². The first-order valence-corrected chi connectivity index (χ1v) is 8.60. The normalized spacial score (nSPS) is 22.4. The van der Waals surface area contributed by atoms with Crippen LogP contribution >= 0.6 is 0 Å². The smallest absolute Gasteiger partial charge is 0.309 e. The number of carboxylic acids is 1. The summed E-state index contributed by atoms with van der Waals surface area (Å²) in [6, 6.07) is 3.80. The minimum absolute atomic E-state index is 0.0563. The van der Waals surface area contributed by atoms with E-state index in [2.05, 4.69) is 4.98 Å². The number of aryl methyl sites for hydroxylation is 1. The lowest BCUT2D eigenvalue weighted by molar-refractivity contribution is -0.147. The van der Waals surface area contributed by atoms with Gasteiger partial charge in [-0.25, -0.2) is 0 Å². The van der Waals surface area contributed by atoms with Gasteiger partial charge >= 0.3 is 5.97 Å². The maximum atomic E-state index is 12.4. The summed E-state index contributed by atoms with van der Waals surface area (Å²) in [5, 5.41) is 9.49. The molecule has 7 nitrogen and oxygen atoms in total. The molecule has 3 rings (SSSR count). The van der Waals surface area contributed by atoms with Crippen LogP contribution in [0.15, 0.2) is 24.5 Å². The minimum atomic E-state index is -0.922. The quantitative estimate of drug-likeness (QED) is 0.877. The Hall–Kier alpha value is -2.44. The molecule has 2 aliphatic heterocycles. The van der Waals surface area contributed by atoms with Crippen LogP contribution in [0.4, 0.5) is 0 Å². The number of hydrogen-bond donors (Lipinski definition) is 1. The highest BCUT2D eigenvalue weighted by Gasteiger charge is 2.55. The molecular formula is C18H23N3O4. The Morgan fingerprint density at radius 2 is 2.08 bits per heavy atom. The van der Waals surface area contributed by atoms with Crippen LogP contribution in [0.1, 0.15) is 31.2 Å². The van der Waals surface area contributed by atoms with Crippen molar-refractivity contribution in [3.05, 3.63) is 30.1 Å². The molecule has 1 aromatic rings. The first-order chi connectivity index (χ1) is 11.9. The monoisotopic (exact) mass is 345 g/mol. The zero-order valence-electron chi connectivity index (χ0n) is 14.4. The van der Waals surface area contributed by atoms with Crippen LogP contribution in [0.25, 0.3) is 0 Å². The summed E-state index contributed by atoms with van der Waals surface area (Å²) in [5.41, 5.74) is 0.375. The third-order valence-electron chi connectivity index (χ3n) is 5.70. The molecule has 7 heteroatoms. The summed E-state index contributed by atoms with van der Waals surface area (Å²) in [6.07, 6.45) is 5.61. The molecule has 134 valence electrons. The number of likely N-dealkylation sites (tertiary alicyclic amines) is 2. The Labute approximate surface area is 146 Å². The van der Waals surface area contributed by atoms with E-state index in [1.807, 2.05) is 12.1 Å². The SMILES string of the molecule is CN1C(=O)CC(C(=O)O)C12CCN(C(=O)CCc1cccnc1)CC2. The Balaban J connectivity index is 1.60. The summed E-state index contributed by atoms with van der Waals surface area (Å²) in [4.78, 5) is 43.5. The molecule has 1 spiro atoms. The van der Waals surface area contributed by atoms with Gasteiger partial charge in [-0.05, 0) is 30.9 Å². The molecule has 3 heterocycles. The standard InChI is InChI=1S/C18H23N3O4/c1-20-16(23)11-14(17(24)25)18(20)6-9-21(10-7-18)15(22)5-4-13-3-2-8-19-12-13/h2-3,8,12,14H,4-7,9-11H2,1H3,(H,24,25). The van der Waals surface area contributed by atoms with E-state index in [-0.39, 0.29) is 18.2 Å². The molecule has 2 saturated heterocycles. The van der Waals surface area contributed by atoms with Gasteiger partial charge in [0.2, 0.25) is 11.8 Å². The van der Waals surface area contributed by atoms with Gasteiger partial charge in [0.15, 0.2) is 0 Å². The average molecular weight is 345 g/mol. The molecule has 1 aromatic heterocycles. The molecule has 0 bridgehead atoms. The number of rotatable bonds is 4. The number of amides is 2. The van der Waals surface area contributed by atoms with Crippen molar-refractivity contribution in [3.8, 4) is 0 Å². The van der Waals surface area contributed by atoms with Gasteiger partial charge in [-0.15, -0.1) is 0 Å². The largest absolute Gasteiger partial charge is 0.481 e. The van der Waals surface area contributed by atoms with Crippen molar-refractivity contribution in [3.63, 3.8) is 0 Å². The van der Waals surface area contributed by atoms with E-state index >= 15 is 0 Å². The number of aliphatic carboxylic acids is 1. The van der Waals surface area contributed by atoms with Crippen molar-refractivity contribution in [2.24, 2.45) is 5.92 Å². The number of pyridine rings is 1. The number of carboxylic acid groups (broad SMARTS) is 1. The first-order valence-electron chi connectivity index (χ1n) is 8.60. The van der Waals surface area contributed by atoms with Crippen LogP contribution in [0, 0.1) is 5.92 Å². The van der Waals surface area contributed by atoms with Gasteiger partial charge in [0, 0.05) is 45.4 Å². The summed E-state index contributed by atoms with van der Waals surface area (Å²) in [5.74, 6) is -1.66. The molecular weight excluding hydrogens is 322 g/mol. The predicted molar refractivity (Wildman–Crippen MR) is 89.6 cm³/mol. The van der Waals surface area contributed by atoms with E-state index in [4.69, 9.17) is 0 Å². The molecule has 0 aliphatic carbocycles. The Bertz CT molecular complexity index is 668. The van der Waals surface area contributed by atoms with E-state index < -0.39 is 17.4 Å². The van der Waals surface area contributed by atoms with Gasteiger partial charge < -0.3 is 14.9 Å². The maximum Gasteiger partial charge on any atom is 0.309 e. The number of piperidine rings is 1. The molecule has 0 radical (unpaired) electrons. The van der Waals surface area contributed by atoms with Crippen LogP contribution < -0.4 is 0 Å². The lowest BCUT2D eigenvalue weighted by Crippen LogP contribution is -2.57. The van der Waals surface area contributed by atoms with Gasteiger partial charge in [0.25, 0.3) is 0 Å². The average Bonchev–Trinajstić information content (AvgIpc) is 2.86. The topological polar surface area (TPSA) is 90.8 Å². The minimum Gasteiger partial charge on any atom is -0.481 e. The number of carbonyl (C=O) groups is 3. The van der Waals surface area contributed by atoms with Crippen LogP contribution in [0.2, 0.25) is 0 Å². The number of carbonyl (C=O) groups excluding carboxylic acids is 2. The second-order valence-electron chi connectivity index (χ2n) is 6.89. The molecule has 1 atom stereocenters. The maximum absolute atomic E-state index is 12.4. The van der Waals surface area contributed by atoms with Crippen molar-refractivity contribution >= 4 is 17.8 Å². The fourth-order valence-corrected chi connectivity index (χ4v) is 4.08. The van der Waals surface area contributed by atoms with Crippen LogP contribution in [-0.2, 0) is 20.8 Å². The highest BCUT2D eigenvalue weighted by Crippen LogP contribution is 2.42. The number of hydrogen-bond acceptors (Lipinski definition) is 4. The van der Waals surface area contributed by atoms with Crippen LogP contribution in [0.5, 0.6) is 0 Å². The second kappa shape index (κ2) is 6.82. The molecule has 1 unspecified atom stereocenters. The molecule has 2 aliphatic rings. The van der Waals surface area contributed by atoms with Crippen molar-refractivity contribution in [1.82, 2.24) is 14.8 Å². The molecule has 0 aromatic carbocycles. The number of aromatic nitrogens is 1. The summed E-state index contributed by atoms with van der Waals surface area (Å²) in [7, 11) is 1.69. The lowest BCUT2D eigenvalue weighted by atomic mass is 9.77. The Morgan fingerprint density at radius 3 is 2.68 bits per heavy atom. The van der Waals surface area contributed by atoms with E-state index in [1.54, 1.807) is 29.2 Å². The van der Waals surface area contributed by atoms with Crippen LogP contribution in [0.3, 0.4) is 0 Å². The van der Waals surface area contributed by atoms with E-state index in [0.717, 1.165) is 5.56 Å².